The number of hydrogen-bond donors (Lipinski definition) is 2. The SMILES string of the molecule is CC[C@]1(OC(=O)CNC(=O)CCCC(=O)O)CC(=O)OCc2c1cc1n(c2=O)Cc2cc3cc(F)c(F)cc3nc2-1. The molecular formula is C28H25F2N3O8. The number of ether oxygens (including phenoxy) is 2. The normalized spacial score (nSPS) is 17.2. The van der Waals surface area contributed by atoms with E-state index in [2.05, 4.69) is 10.3 Å². The van der Waals surface area contributed by atoms with Crippen molar-refractivity contribution in [2.75, 3.05) is 6.54 Å². The molecule has 2 N–H and O–H groups in total. The van der Waals surface area contributed by atoms with Crippen molar-refractivity contribution in [1.82, 2.24) is 14.9 Å². The lowest BCUT2D eigenvalue weighted by Gasteiger charge is -2.32. The lowest BCUT2D eigenvalue weighted by molar-refractivity contribution is -0.167. The fraction of sp³-hybridized carbons (Fsp3) is 0.357. The summed E-state index contributed by atoms with van der Waals surface area (Å²) in [4.78, 5) is 66.3. The number of benzene rings is 1. The first-order valence-corrected chi connectivity index (χ1v) is 12.9. The Hall–Kier alpha value is -4.68. The second kappa shape index (κ2) is 10.7. The van der Waals surface area contributed by atoms with E-state index in [1.807, 2.05) is 0 Å². The van der Waals surface area contributed by atoms with E-state index in [1.54, 1.807) is 19.1 Å². The van der Waals surface area contributed by atoms with E-state index in [9.17, 15) is 32.8 Å². The van der Waals surface area contributed by atoms with Crippen LogP contribution in [0.2, 0.25) is 0 Å². The maximum absolute atomic E-state index is 13.9. The minimum Gasteiger partial charge on any atom is -0.481 e. The highest BCUT2D eigenvalue weighted by molar-refractivity contribution is 5.85. The zero-order chi connectivity index (χ0) is 29.5. The predicted octanol–water partition coefficient (Wildman–Crippen LogP) is 2.67. The second-order valence-corrected chi connectivity index (χ2v) is 9.95. The molecule has 0 fully saturated rings. The number of amides is 1. The number of halogens is 2. The Labute approximate surface area is 231 Å². The summed E-state index contributed by atoms with van der Waals surface area (Å²) in [6.07, 6.45) is -0.516. The maximum Gasteiger partial charge on any atom is 0.326 e. The van der Waals surface area contributed by atoms with Crippen LogP contribution in [0.15, 0.2) is 29.1 Å². The Balaban J connectivity index is 1.50. The largest absolute Gasteiger partial charge is 0.481 e. The van der Waals surface area contributed by atoms with Crippen LogP contribution in [0, 0.1) is 11.6 Å². The molecule has 0 radical (unpaired) electrons. The van der Waals surface area contributed by atoms with Crippen molar-refractivity contribution in [2.45, 2.75) is 57.8 Å². The van der Waals surface area contributed by atoms with Gasteiger partial charge in [0.15, 0.2) is 11.6 Å². The Morgan fingerprint density at radius 1 is 1.15 bits per heavy atom. The molecule has 5 rings (SSSR count). The number of rotatable bonds is 8. The number of hydrogen-bond acceptors (Lipinski definition) is 8. The Morgan fingerprint density at radius 2 is 1.90 bits per heavy atom. The highest BCUT2D eigenvalue weighted by Gasteiger charge is 2.44. The van der Waals surface area contributed by atoms with E-state index in [0.29, 0.717) is 22.3 Å². The number of carboxylic acid groups (broad SMARTS) is 1. The Morgan fingerprint density at radius 3 is 2.63 bits per heavy atom. The van der Waals surface area contributed by atoms with Gasteiger partial charge in [0.1, 0.15) is 18.8 Å². The number of aromatic nitrogens is 2. The molecule has 2 aliphatic rings. The average molecular weight is 570 g/mol. The van der Waals surface area contributed by atoms with Gasteiger partial charge in [0.2, 0.25) is 5.91 Å². The zero-order valence-electron chi connectivity index (χ0n) is 21.9. The number of carboxylic acids is 1. The highest BCUT2D eigenvalue weighted by Crippen LogP contribution is 2.41. The molecule has 11 nitrogen and oxygen atoms in total. The Bertz CT molecular complexity index is 1690. The molecule has 41 heavy (non-hydrogen) atoms. The van der Waals surface area contributed by atoms with Crippen LogP contribution >= 0.6 is 0 Å². The van der Waals surface area contributed by atoms with Gasteiger partial charge in [-0.1, -0.05) is 6.92 Å². The van der Waals surface area contributed by atoms with E-state index in [-0.39, 0.29) is 61.9 Å². The fourth-order valence-corrected chi connectivity index (χ4v) is 5.24. The average Bonchev–Trinajstić information content (AvgIpc) is 3.20. The summed E-state index contributed by atoms with van der Waals surface area (Å²) in [6.45, 7) is 0.872. The minimum atomic E-state index is -1.60. The number of nitrogens with one attached hydrogen (secondary N) is 1. The Kier molecular flexibility index (Phi) is 7.28. The van der Waals surface area contributed by atoms with Crippen LogP contribution in [0.5, 0.6) is 0 Å². The van der Waals surface area contributed by atoms with Crippen molar-refractivity contribution >= 4 is 34.7 Å². The lowest BCUT2D eigenvalue weighted by atomic mass is 9.85. The van der Waals surface area contributed by atoms with Crippen molar-refractivity contribution in [3.63, 3.8) is 0 Å². The monoisotopic (exact) mass is 569 g/mol. The molecule has 0 spiro atoms. The molecule has 4 heterocycles. The molecule has 2 aliphatic heterocycles. The fourth-order valence-electron chi connectivity index (χ4n) is 5.24. The third-order valence-electron chi connectivity index (χ3n) is 7.31. The highest BCUT2D eigenvalue weighted by atomic mass is 19.2. The molecule has 1 amide bonds. The lowest BCUT2D eigenvalue weighted by Crippen LogP contribution is -2.40. The molecule has 0 saturated carbocycles. The first kappa shape index (κ1) is 27.9. The number of pyridine rings is 2. The molecule has 1 atom stereocenters. The molecule has 2 aromatic heterocycles. The van der Waals surface area contributed by atoms with Crippen LogP contribution in [0.4, 0.5) is 8.78 Å². The van der Waals surface area contributed by atoms with E-state index >= 15 is 0 Å². The molecule has 1 aromatic carbocycles. The van der Waals surface area contributed by atoms with Crippen LogP contribution in [-0.4, -0.2) is 45.0 Å². The minimum absolute atomic E-state index is 0.0821. The van der Waals surface area contributed by atoms with Crippen molar-refractivity contribution in [3.8, 4) is 11.4 Å². The number of cyclic esters (lactones) is 1. The molecule has 0 aliphatic carbocycles. The summed E-state index contributed by atoms with van der Waals surface area (Å²) in [5.41, 5.74) is -0.226. The van der Waals surface area contributed by atoms with Gasteiger partial charge in [-0.05, 0) is 31.0 Å². The van der Waals surface area contributed by atoms with Crippen LogP contribution in [0.3, 0.4) is 0 Å². The number of aliphatic carboxylic acids is 1. The summed E-state index contributed by atoms with van der Waals surface area (Å²) < 4.78 is 40.2. The van der Waals surface area contributed by atoms with Gasteiger partial charge in [-0.3, -0.25) is 24.0 Å². The summed E-state index contributed by atoms with van der Waals surface area (Å²) in [7, 11) is 0. The number of fused-ring (bicyclic) bond motifs is 5. The predicted molar refractivity (Wildman–Crippen MR) is 137 cm³/mol. The molecule has 0 bridgehead atoms. The summed E-state index contributed by atoms with van der Waals surface area (Å²) in [6, 6.07) is 5.23. The molecule has 214 valence electrons. The van der Waals surface area contributed by atoms with Gasteiger partial charge in [0.05, 0.1) is 35.4 Å². The topological polar surface area (TPSA) is 154 Å². The van der Waals surface area contributed by atoms with Crippen LogP contribution in [0.1, 0.15) is 55.7 Å². The summed E-state index contributed by atoms with van der Waals surface area (Å²) in [5.74, 6) is -5.25. The van der Waals surface area contributed by atoms with Gasteiger partial charge in [0, 0.05) is 35.4 Å². The summed E-state index contributed by atoms with van der Waals surface area (Å²) in [5, 5.41) is 11.4. The standard InChI is InChI=1S/C28H25F2N3O8/c1-2-28(41-25(38)11-31-22(34)4-3-5-23(35)36)10-24(37)40-13-16-17(28)8-21-26-15(12-33(21)27(16)39)6-14-7-18(29)19(30)9-20(14)32-26/h6-9H,2-5,10-13H2,1H3,(H,31,34)(H,35,36)/t28-/m0/s1. The van der Waals surface area contributed by atoms with Gasteiger partial charge in [-0.15, -0.1) is 0 Å². The quantitative estimate of drug-likeness (QED) is 0.305. The number of carbonyl (C=O) groups excluding carboxylic acids is 3. The molecule has 3 aromatic rings. The number of nitrogens with zero attached hydrogens (tertiary/aromatic N) is 2. The first-order valence-electron chi connectivity index (χ1n) is 12.9. The number of esters is 2. The van der Waals surface area contributed by atoms with E-state index < -0.39 is 53.2 Å². The molecule has 0 saturated heterocycles. The third-order valence-corrected chi connectivity index (χ3v) is 7.31. The summed E-state index contributed by atoms with van der Waals surface area (Å²) >= 11 is 0. The number of carbonyl (C=O) groups is 4. The smallest absolute Gasteiger partial charge is 0.326 e. The maximum atomic E-state index is 13.9. The van der Waals surface area contributed by atoms with E-state index in [0.717, 1.165) is 12.1 Å². The van der Waals surface area contributed by atoms with E-state index in [4.69, 9.17) is 14.6 Å². The zero-order valence-corrected chi connectivity index (χ0v) is 21.9. The van der Waals surface area contributed by atoms with Gasteiger partial charge in [-0.25, -0.2) is 13.8 Å². The van der Waals surface area contributed by atoms with Crippen molar-refractivity contribution < 1.29 is 42.5 Å². The van der Waals surface area contributed by atoms with Crippen LogP contribution in [-0.2, 0) is 47.4 Å². The van der Waals surface area contributed by atoms with Crippen molar-refractivity contribution in [1.29, 1.82) is 0 Å². The van der Waals surface area contributed by atoms with Crippen molar-refractivity contribution in [3.05, 3.63) is 62.9 Å². The van der Waals surface area contributed by atoms with Gasteiger partial charge in [0.25, 0.3) is 5.56 Å². The van der Waals surface area contributed by atoms with Crippen LogP contribution in [0.25, 0.3) is 22.3 Å². The molecule has 13 heteroatoms. The van der Waals surface area contributed by atoms with Gasteiger partial charge < -0.3 is 24.5 Å². The van der Waals surface area contributed by atoms with E-state index in [1.165, 1.54) is 4.57 Å². The van der Waals surface area contributed by atoms with Crippen molar-refractivity contribution in [2.24, 2.45) is 0 Å². The first-order chi connectivity index (χ1) is 19.5. The van der Waals surface area contributed by atoms with Gasteiger partial charge in [-0.2, -0.15) is 0 Å². The third kappa shape index (κ3) is 5.26. The second-order valence-electron chi connectivity index (χ2n) is 9.95. The van der Waals surface area contributed by atoms with Crippen LogP contribution < -0.4 is 10.9 Å². The molecular weight excluding hydrogens is 544 g/mol. The molecule has 0 unspecified atom stereocenters. The van der Waals surface area contributed by atoms with Gasteiger partial charge >= 0.3 is 17.9 Å².